The van der Waals surface area contributed by atoms with Crippen molar-refractivity contribution in [2.45, 2.75) is 6.92 Å². The SMILES string of the molecule is CCOc1ccc(NCC#N)cc1Cl. The summed E-state index contributed by atoms with van der Waals surface area (Å²) < 4.78 is 5.27. The van der Waals surface area contributed by atoms with Crippen LogP contribution < -0.4 is 10.1 Å². The summed E-state index contributed by atoms with van der Waals surface area (Å²) in [6, 6.07) is 7.34. The summed E-state index contributed by atoms with van der Waals surface area (Å²) in [5.41, 5.74) is 0.819. The van der Waals surface area contributed by atoms with Gasteiger partial charge in [-0.1, -0.05) is 11.6 Å². The standard InChI is InChI=1S/C10H11ClN2O/c1-2-14-10-4-3-8(7-9(10)11)13-6-5-12/h3-4,7,13H,2,6H2,1H3. The van der Waals surface area contributed by atoms with Gasteiger partial charge in [-0.3, -0.25) is 0 Å². The van der Waals surface area contributed by atoms with Crippen molar-refractivity contribution in [3.8, 4) is 11.8 Å². The Kier molecular flexibility index (Phi) is 4.09. The van der Waals surface area contributed by atoms with E-state index in [-0.39, 0.29) is 6.54 Å². The molecular weight excluding hydrogens is 200 g/mol. The lowest BCUT2D eigenvalue weighted by molar-refractivity contribution is 0.340. The lowest BCUT2D eigenvalue weighted by Gasteiger charge is -2.07. The van der Waals surface area contributed by atoms with Crippen LogP contribution in [-0.4, -0.2) is 13.2 Å². The third-order valence-electron chi connectivity index (χ3n) is 1.60. The van der Waals surface area contributed by atoms with Crippen LogP contribution in [0.3, 0.4) is 0 Å². The highest BCUT2D eigenvalue weighted by atomic mass is 35.5. The van der Waals surface area contributed by atoms with Gasteiger partial charge < -0.3 is 10.1 Å². The van der Waals surface area contributed by atoms with Crippen LogP contribution >= 0.6 is 11.6 Å². The van der Waals surface area contributed by atoms with Crippen molar-refractivity contribution in [2.75, 3.05) is 18.5 Å². The van der Waals surface area contributed by atoms with Gasteiger partial charge >= 0.3 is 0 Å². The van der Waals surface area contributed by atoms with E-state index in [9.17, 15) is 0 Å². The van der Waals surface area contributed by atoms with E-state index in [2.05, 4.69) is 5.32 Å². The first-order valence-electron chi connectivity index (χ1n) is 4.31. The van der Waals surface area contributed by atoms with E-state index in [1.54, 1.807) is 12.1 Å². The molecule has 0 saturated heterocycles. The Labute approximate surface area is 88.3 Å². The highest BCUT2D eigenvalue weighted by Gasteiger charge is 2.01. The zero-order valence-corrected chi connectivity index (χ0v) is 8.64. The first-order chi connectivity index (χ1) is 6.77. The smallest absolute Gasteiger partial charge is 0.138 e. The van der Waals surface area contributed by atoms with Crippen LogP contribution in [0.2, 0.25) is 5.02 Å². The van der Waals surface area contributed by atoms with Crippen LogP contribution in [0.1, 0.15) is 6.92 Å². The minimum absolute atomic E-state index is 0.268. The third-order valence-corrected chi connectivity index (χ3v) is 1.90. The van der Waals surface area contributed by atoms with Crippen LogP contribution in [0.5, 0.6) is 5.75 Å². The Balaban J connectivity index is 2.74. The van der Waals surface area contributed by atoms with Crippen LogP contribution in [0.15, 0.2) is 18.2 Å². The predicted molar refractivity (Wildman–Crippen MR) is 56.7 cm³/mol. The number of nitriles is 1. The minimum atomic E-state index is 0.268. The summed E-state index contributed by atoms with van der Waals surface area (Å²) in [5.74, 6) is 0.664. The average molecular weight is 211 g/mol. The number of nitrogens with one attached hydrogen (secondary N) is 1. The number of halogens is 1. The maximum atomic E-state index is 8.37. The van der Waals surface area contributed by atoms with Crippen molar-refractivity contribution in [3.05, 3.63) is 23.2 Å². The minimum Gasteiger partial charge on any atom is -0.492 e. The largest absolute Gasteiger partial charge is 0.492 e. The van der Waals surface area contributed by atoms with Gasteiger partial charge in [-0.2, -0.15) is 5.26 Å². The van der Waals surface area contributed by atoms with E-state index in [4.69, 9.17) is 21.6 Å². The molecule has 14 heavy (non-hydrogen) atoms. The maximum Gasteiger partial charge on any atom is 0.138 e. The molecule has 0 heterocycles. The summed E-state index contributed by atoms with van der Waals surface area (Å²) >= 11 is 5.94. The van der Waals surface area contributed by atoms with Crippen LogP contribution in [0.4, 0.5) is 5.69 Å². The van der Waals surface area contributed by atoms with Crippen molar-refractivity contribution < 1.29 is 4.74 Å². The second kappa shape index (κ2) is 5.36. The summed E-state index contributed by atoms with van der Waals surface area (Å²) in [7, 11) is 0. The zero-order valence-electron chi connectivity index (χ0n) is 7.88. The molecule has 0 amide bonds. The number of hydrogen-bond donors (Lipinski definition) is 1. The Morgan fingerprint density at radius 2 is 2.36 bits per heavy atom. The molecular formula is C10H11ClN2O. The van der Waals surface area contributed by atoms with Gasteiger partial charge in [0.2, 0.25) is 0 Å². The lowest BCUT2D eigenvalue weighted by atomic mass is 10.3. The van der Waals surface area contributed by atoms with Gasteiger partial charge in [-0.15, -0.1) is 0 Å². The quantitative estimate of drug-likeness (QED) is 0.778. The molecule has 0 aromatic heterocycles. The molecule has 0 radical (unpaired) electrons. The molecule has 0 bridgehead atoms. The number of rotatable bonds is 4. The van der Waals surface area contributed by atoms with Crippen molar-refractivity contribution in [3.63, 3.8) is 0 Å². The Morgan fingerprint density at radius 1 is 1.57 bits per heavy atom. The number of hydrogen-bond acceptors (Lipinski definition) is 3. The molecule has 0 aliphatic carbocycles. The molecule has 0 unspecified atom stereocenters. The molecule has 0 fully saturated rings. The molecule has 1 rings (SSSR count). The first kappa shape index (κ1) is 10.7. The Morgan fingerprint density at radius 3 is 2.93 bits per heavy atom. The van der Waals surface area contributed by atoms with Crippen molar-refractivity contribution in [1.82, 2.24) is 0 Å². The van der Waals surface area contributed by atoms with E-state index in [0.29, 0.717) is 17.4 Å². The van der Waals surface area contributed by atoms with Gasteiger partial charge in [0, 0.05) is 5.69 Å². The lowest BCUT2D eigenvalue weighted by Crippen LogP contribution is -1.98. The summed E-state index contributed by atoms with van der Waals surface area (Å²) in [6.45, 7) is 2.76. The zero-order chi connectivity index (χ0) is 10.4. The fourth-order valence-electron chi connectivity index (χ4n) is 1.02. The van der Waals surface area contributed by atoms with Crippen molar-refractivity contribution in [2.24, 2.45) is 0 Å². The highest BCUT2D eigenvalue weighted by molar-refractivity contribution is 6.32. The fourth-order valence-corrected chi connectivity index (χ4v) is 1.26. The first-order valence-corrected chi connectivity index (χ1v) is 4.69. The monoisotopic (exact) mass is 210 g/mol. The second-order valence-electron chi connectivity index (χ2n) is 2.59. The molecule has 3 nitrogen and oxygen atoms in total. The van der Waals surface area contributed by atoms with E-state index < -0.39 is 0 Å². The second-order valence-corrected chi connectivity index (χ2v) is 3.00. The van der Waals surface area contributed by atoms with Gasteiger partial charge in [-0.05, 0) is 25.1 Å². The van der Waals surface area contributed by atoms with E-state index in [0.717, 1.165) is 5.69 Å². The average Bonchev–Trinajstić information content (AvgIpc) is 2.19. The van der Waals surface area contributed by atoms with Gasteiger partial charge in [0.1, 0.15) is 12.3 Å². The van der Waals surface area contributed by atoms with Crippen molar-refractivity contribution >= 4 is 17.3 Å². The third kappa shape index (κ3) is 2.82. The van der Waals surface area contributed by atoms with Gasteiger partial charge in [0.05, 0.1) is 17.7 Å². The van der Waals surface area contributed by atoms with E-state index >= 15 is 0 Å². The Hall–Kier alpha value is -1.40. The fraction of sp³-hybridized carbons (Fsp3) is 0.300. The normalized spacial score (nSPS) is 9.21. The molecule has 74 valence electrons. The summed E-state index contributed by atoms with van der Waals surface area (Å²) in [4.78, 5) is 0. The van der Waals surface area contributed by atoms with E-state index in [1.165, 1.54) is 0 Å². The number of nitrogens with zero attached hydrogens (tertiary/aromatic N) is 1. The molecule has 0 aliphatic heterocycles. The Bertz CT molecular complexity index is 346. The van der Waals surface area contributed by atoms with Crippen LogP contribution in [0.25, 0.3) is 0 Å². The van der Waals surface area contributed by atoms with Gasteiger partial charge in [0.15, 0.2) is 0 Å². The molecule has 4 heteroatoms. The van der Waals surface area contributed by atoms with Gasteiger partial charge in [0.25, 0.3) is 0 Å². The summed E-state index contributed by atoms with van der Waals surface area (Å²) in [5, 5.41) is 11.8. The van der Waals surface area contributed by atoms with Gasteiger partial charge in [-0.25, -0.2) is 0 Å². The molecule has 0 saturated carbocycles. The molecule has 1 aromatic carbocycles. The van der Waals surface area contributed by atoms with E-state index in [1.807, 2.05) is 19.1 Å². The topological polar surface area (TPSA) is 45.0 Å². The molecule has 1 N–H and O–H groups in total. The number of anilines is 1. The molecule has 0 atom stereocenters. The van der Waals surface area contributed by atoms with Crippen LogP contribution in [-0.2, 0) is 0 Å². The predicted octanol–water partition coefficient (Wildman–Crippen LogP) is 2.67. The molecule has 0 spiro atoms. The summed E-state index contributed by atoms with van der Waals surface area (Å²) in [6.07, 6.45) is 0. The highest BCUT2D eigenvalue weighted by Crippen LogP contribution is 2.27. The van der Waals surface area contributed by atoms with Crippen LogP contribution in [0, 0.1) is 11.3 Å². The van der Waals surface area contributed by atoms with Crippen molar-refractivity contribution in [1.29, 1.82) is 5.26 Å². The molecule has 0 aliphatic rings. The number of benzene rings is 1. The molecule has 1 aromatic rings. The number of ether oxygens (including phenoxy) is 1. The maximum absolute atomic E-state index is 8.37.